The van der Waals surface area contributed by atoms with E-state index in [4.69, 9.17) is 10.5 Å². The third-order valence-electron chi connectivity index (χ3n) is 8.58. The van der Waals surface area contributed by atoms with Crippen LogP contribution in [0.4, 0.5) is 11.8 Å². The number of benzene rings is 2. The van der Waals surface area contributed by atoms with Crippen LogP contribution in [0, 0.1) is 0 Å². The number of nitrogen functional groups attached to an aromatic ring is 1. The molecule has 0 unspecified atom stereocenters. The van der Waals surface area contributed by atoms with Gasteiger partial charge < -0.3 is 30.8 Å². The van der Waals surface area contributed by atoms with Crippen LogP contribution in [0.5, 0.6) is 5.75 Å². The second-order valence-corrected chi connectivity index (χ2v) is 13.8. The van der Waals surface area contributed by atoms with Crippen molar-refractivity contribution in [1.29, 1.82) is 0 Å². The van der Waals surface area contributed by atoms with E-state index in [1.165, 1.54) is 6.26 Å². The van der Waals surface area contributed by atoms with Crippen LogP contribution in [-0.2, 0) is 22.9 Å². The second-order valence-electron chi connectivity index (χ2n) is 11.4. The van der Waals surface area contributed by atoms with Crippen molar-refractivity contribution in [2.75, 3.05) is 37.6 Å². The van der Waals surface area contributed by atoms with E-state index in [1.54, 1.807) is 7.11 Å². The molecule has 10 nitrogen and oxygen atoms in total. The van der Waals surface area contributed by atoms with Crippen LogP contribution in [-0.4, -0.2) is 65.4 Å². The highest BCUT2D eigenvalue weighted by atomic mass is 32.2. The zero-order valence-electron chi connectivity index (χ0n) is 24.7. The van der Waals surface area contributed by atoms with Gasteiger partial charge in [-0.15, -0.1) is 0 Å². The molecule has 1 atom stereocenters. The van der Waals surface area contributed by atoms with Crippen molar-refractivity contribution in [2.45, 2.75) is 69.3 Å². The van der Waals surface area contributed by atoms with E-state index >= 15 is 0 Å². The lowest BCUT2D eigenvalue weighted by molar-refractivity contribution is 0.276. The summed E-state index contributed by atoms with van der Waals surface area (Å²) >= 11 is 0. The molecule has 42 heavy (non-hydrogen) atoms. The summed E-state index contributed by atoms with van der Waals surface area (Å²) in [6.45, 7) is 3.69. The Hall–Kier alpha value is -3.41. The number of rotatable bonds is 14. The van der Waals surface area contributed by atoms with E-state index in [-0.39, 0.29) is 18.6 Å². The molecule has 5 rings (SSSR count). The van der Waals surface area contributed by atoms with Crippen molar-refractivity contribution in [3.63, 3.8) is 0 Å². The van der Waals surface area contributed by atoms with E-state index in [0.717, 1.165) is 58.1 Å². The third kappa shape index (κ3) is 5.91. The maximum absolute atomic E-state index is 12.4. The molecule has 11 heteroatoms. The molecule has 1 fully saturated rings. The first-order chi connectivity index (χ1) is 20.2. The first kappa shape index (κ1) is 30.1. The van der Waals surface area contributed by atoms with Crippen LogP contribution < -0.4 is 21.1 Å². The van der Waals surface area contributed by atoms with Crippen LogP contribution in [0.15, 0.2) is 42.5 Å². The van der Waals surface area contributed by atoms with E-state index in [2.05, 4.69) is 44.2 Å². The third-order valence-corrected chi connectivity index (χ3v) is 10.7. The lowest BCUT2D eigenvalue weighted by Crippen LogP contribution is -2.51. The minimum atomic E-state index is -3.13. The molecule has 226 valence electrons. The molecule has 2 aromatic carbocycles. The van der Waals surface area contributed by atoms with Gasteiger partial charge in [0.1, 0.15) is 16.8 Å². The highest BCUT2D eigenvalue weighted by Crippen LogP contribution is 2.38. The number of hydrogen-bond donors (Lipinski definition) is 4. The van der Waals surface area contributed by atoms with Crippen LogP contribution in [0.2, 0.25) is 0 Å². The summed E-state index contributed by atoms with van der Waals surface area (Å²) in [7, 11) is -1.46. The van der Waals surface area contributed by atoms with E-state index in [1.807, 2.05) is 30.3 Å². The number of sulfone groups is 1. The number of nitrogens with two attached hydrogens (primary N) is 1. The molecule has 0 saturated heterocycles. The molecular weight excluding hydrogens is 552 g/mol. The standard InChI is InChI=1S/C31H42N6O4S/c1-4-8-23(13-16-38)34-29-28-27(35-30(32)36-29)24-9-5-6-10-25(24)37(28)19-22-17-21(11-12-26(22)41-2)18-33-20-31(14-7-15-31)42(3,39)40/h5-6,9-12,17,23,33,38H,4,7-8,13-16,18-20H2,1-3H3,(H3,32,34,35,36)/t23-/m0/s1. The predicted molar refractivity (Wildman–Crippen MR) is 169 cm³/mol. The number of nitrogens with one attached hydrogen (secondary N) is 2. The summed E-state index contributed by atoms with van der Waals surface area (Å²) < 4.78 is 32.1. The lowest BCUT2D eigenvalue weighted by Gasteiger charge is -2.40. The summed E-state index contributed by atoms with van der Waals surface area (Å²) in [4.78, 5) is 9.27. The molecule has 2 heterocycles. The number of aliphatic hydroxyl groups is 1. The zero-order chi connectivity index (χ0) is 29.9. The van der Waals surface area contributed by atoms with Gasteiger partial charge in [-0.05, 0) is 49.4 Å². The summed E-state index contributed by atoms with van der Waals surface area (Å²) in [5.41, 5.74) is 10.8. The van der Waals surface area contributed by atoms with E-state index in [0.29, 0.717) is 44.7 Å². The minimum Gasteiger partial charge on any atom is -0.496 e. The Morgan fingerprint density at radius 3 is 2.62 bits per heavy atom. The zero-order valence-corrected chi connectivity index (χ0v) is 25.5. The van der Waals surface area contributed by atoms with Crippen LogP contribution in [0.3, 0.4) is 0 Å². The van der Waals surface area contributed by atoms with Gasteiger partial charge in [-0.1, -0.05) is 44.0 Å². The van der Waals surface area contributed by atoms with Crippen molar-refractivity contribution in [3.05, 3.63) is 53.6 Å². The van der Waals surface area contributed by atoms with Crippen molar-refractivity contribution >= 4 is 43.5 Å². The number of anilines is 2. The second kappa shape index (κ2) is 12.4. The average molecular weight is 595 g/mol. The highest BCUT2D eigenvalue weighted by molar-refractivity contribution is 7.92. The number of aliphatic hydroxyl groups excluding tert-OH is 1. The van der Waals surface area contributed by atoms with Crippen LogP contribution in [0.25, 0.3) is 21.9 Å². The minimum absolute atomic E-state index is 0.0406. The number of para-hydroxylation sites is 1. The van der Waals surface area contributed by atoms with Crippen molar-refractivity contribution < 1.29 is 18.3 Å². The highest BCUT2D eigenvalue weighted by Gasteiger charge is 2.45. The van der Waals surface area contributed by atoms with Gasteiger partial charge in [0.25, 0.3) is 0 Å². The predicted octanol–water partition coefficient (Wildman–Crippen LogP) is 4.24. The van der Waals surface area contributed by atoms with E-state index in [9.17, 15) is 13.5 Å². The molecule has 5 N–H and O–H groups in total. The SMILES string of the molecule is CCC[C@@H](CCO)Nc1nc(N)nc2c3ccccc3n(Cc3cc(CNCC4(S(C)(=O)=O)CCC4)ccc3OC)c12. The topological polar surface area (TPSA) is 144 Å². The fraction of sp³-hybridized carbons (Fsp3) is 0.484. The Labute approximate surface area is 247 Å². The first-order valence-electron chi connectivity index (χ1n) is 14.7. The van der Waals surface area contributed by atoms with Crippen molar-refractivity contribution in [3.8, 4) is 5.75 Å². The van der Waals surface area contributed by atoms with Gasteiger partial charge in [0, 0.05) is 42.9 Å². The number of fused-ring (bicyclic) bond motifs is 3. The molecule has 0 aliphatic heterocycles. The lowest BCUT2D eigenvalue weighted by atomic mass is 9.84. The van der Waals surface area contributed by atoms with Gasteiger partial charge in [-0.3, -0.25) is 0 Å². The molecule has 0 bridgehead atoms. The summed E-state index contributed by atoms with van der Waals surface area (Å²) in [6, 6.07) is 14.2. The fourth-order valence-electron chi connectivity index (χ4n) is 6.12. The molecular formula is C31H42N6O4S. The number of nitrogens with zero attached hydrogens (tertiary/aromatic N) is 3. The van der Waals surface area contributed by atoms with Crippen LogP contribution >= 0.6 is 0 Å². The summed E-state index contributed by atoms with van der Waals surface area (Å²) in [5, 5.41) is 17.6. The molecule has 0 spiro atoms. The number of methoxy groups -OCH3 is 1. The molecule has 0 amide bonds. The Kier molecular flexibility index (Phi) is 8.91. The Bertz CT molecular complexity index is 1660. The molecule has 0 radical (unpaired) electrons. The summed E-state index contributed by atoms with van der Waals surface area (Å²) in [6.07, 6.45) is 6.17. The van der Waals surface area contributed by atoms with Crippen molar-refractivity contribution in [2.24, 2.45) is 0 Å². The molecule has 1 aliphatic carbocycles. The fourth-order valence-corrected chi connectivity index (χ4v) is 7.51. The van der Waals surface area contributed by atoms with Gasteiger partial charge in [-0.25, -0.2) is 13.4 Å². The van der Waals surface area contributed by atoms with Gasteiger partial charge in [0.05, 0.1) is 23.9 Å². The smallest absolute Gasteiger partial charge is 0.222 e. The number of aromatic nitrogens is 3. The summed E-state index contributed by atoms with van der Waals surface area (Å²) in [5.74, 6) is 1.59. The van der Waals surface area contributed by atoms with Gasteiger partial charge in [0.2, 0.25) is 5.95 Å². The Morgan fingerprint density at radius 1 is 1.17 bits per heavy atom. The number of ether oxygens (including phenoxy) is 1. The van der Waals surface area contributed by atoms with Crippen molar-refractivity contribution in [1.82, 2.24) is 19.9 Å². The molecule has 4 aromatic rings. The Balaban J connectivity index is 1.52. The largest absolute Gasteiger partial charge is 0.496 e. The number of hydrogen-bond acceptors (Lipinski definition) is 9. The Morgan fingerprint density at radius 2 is 1.95 bits per heavy atom. The normalized spacial score (nSPS) is 15.5. The van der Waals surface area contributed by atoms with Gasteiger partial charge in [-0.2, -0.15) is 4.98 Å². The quantitative estimate of drug-likeness (QED) is 0.168. The van der Waals surface area contributed by atoms with E-state index < -0.39 is 14.6 Å². The van der Waals surface area contributed by atoms with Gasteiger partial charge in [0.15, 0.2) is 15.7 Å². The van der Waals surface area contributed by atoms with Gasteiger partial charge >= 0.3 is 0 Å². The average Bonchev–Trinajstić information content (AvgIpc) is 3.23. The maximum atomic E-state index is 12.4. The molecule has 1 saturated carbocycles. The monoisotopic (exact) mass is 594 g/mol. The molecule has 2 aromatic heterocycles. The molecule has 1 aliphatic rings. The first-order valence-corrected chi connectivity index (χ1v) is 16.6. The maximum Gasteiger partial charge on any atom is 0.222 e. The van der Waals surface area contributed by atoms with Crippen LogP contribution in [0.1, 0.15) is 56.6 Å².